The van der Waals surface area contributed by atoms with Crippen molar-refractivity contribution >= 4 is 17.6 Å². The molecule has 0 atom stereocenters. The van der Waals surface area contributed by atoms with Crippen LogP contribution < -0.4 is 10.9 Å². The lowest BCUT2D eigenvalue weighted by Crippen LogP contribution is -2.41. The molecule has 1 aromatic heterocycles. The zero-order valence-corrected chi connectivity index (χ0v) is 11.2. The molecule has 0 bridgehead atoms. The van der Waals surface area contributed by atoms with Crippen LogP contribution in [-0.4, -0.2) is 16.0 Å². The third kappa shape index (κ3) is 2.11. The minimum absolute atomic E-state index is 0.0826. The third-order valence-electron chi connectivity index (χ3n) is 3.93. The number of nitrogens with one attached hydrogen (secondary N) is 1. The molecule has 3 rings (SSSR count). The Balaban J connectivity index is 1.74. The van der Waals surface area contributed by atoms with Crippen molar-refractivity contribution in [1.82, 2.24) is 9.27 Å². The molecule has 0 unspecified atom stereocenters. The van der Waals surface area contributed by atoms with Crippen LogP contribution in [0.4, 0.5) is 4.79 Å². The van der Waals surface area contributed by atoms with E-state index in [4.69, 9.17) is 0 Å². The first-order valence-electron chi connectivity index (χ1n) is 6.80. The lowest BCUT2D eigenvalue weighted by Gasteiger charge is -2.22. The highest BCUT2D eigenvalue weighted by molar-refractivity contribution is 7.07. The van der Waals surface area contributed by atoms with E-state index < -0.39 is 0 Å². The number of rotatable bonds is 1. The number of carbonyl (C=O) groups is 1. The Morgan fingerprint density at radius 2 is 1.94 bits per heavy atom. The van der Waals surface area contributed by atoms with Gasteiger partial charge in [0.1, 0.15) is 0 Å². The van der Waals surface area contributed by atoms with Crippen LogP contribution in [0.3, 0.4) is 0 Å². The van der Waals surface area contributed by atoms with Crippen LogP contribution in [0.5, 0.6) is 0 Å². The largest absolute Gasteiger partial charge is 0.338 e. The fraction of sp³-hybridized carbons (Fsp3) is 0.692. The van der Waals surface area contributed by atoms with Gasteiger partial charge >= 0.3 is 6.03 Å². The van der Waals surface area contributed by atoms with Gasteiger partial charge in [-0.3, -0.25) is 4.79 Å². The highest BCUT2D eigenvalue weighted by atomic mass is 32.1. The molecular formula is C13H18N2O2S. The molecule has 0 aromatic carbocycles. The highest BCUT2D eigenvalue weighted by Gasteiger charge is 2.24. The topological polar surface area (TPSA) is 51.1 Å². The molecule has 1 aromatic rings. The molecular weight excluding hydrogens is 248 g/mol. The monoisotopic (exact) mass is 266 g/mol. The molecule has 0 radical (unpaired) electrons. The van der Waals surface area contributed by atoms with Crippen molar-refractivity contribution in [2.45, 2.75) is 57.4 Å². The number of nitrogens with zero attached hydrogens (tertiary/aromatic N) is 1. The maximum atomic E-state index is 12.1. The van der Waals surface area contributed by atoms with Gasteiger partial charge in [0.15, 0.2) is 0 Å². The minimum Gasteiger partial charge on any atom is -0.334 e. The molecule has 1 saturated carbocycles. The van der Waals surface area contributed by atoms with E-state index in [1.165, 1.54) is 34.8 Å². The van der Waals surface area contributed by atoms with Gasteiger partial charge in [-0.1, -0.05) is 30.8 Å². The van der Waals surface area contributed by atoms with Gasteiger partial charge in [-0.2, -0.15) is 3.96 Å². The Morgan fingerprint density at radius 1 is 1.17 bits per heavy atom. The lowest BCUT2D eigenvalue weighted by atomic mass is 9.96. The van der Waals surface area contributed by atoms with Crippen LogP contribution in [-0.2, 0) is 12.8 Å². The van der Waals surface area contributed by atoms with Crippen molar-refractivity contribution in [3.8, 4) is 0 Å². The Hall–Kier alpha value is -1.10. The van der Waals surface area contributed by atoms with E-state index in [-0.39, 0.29) is 17.6 Å². The second kappa shape index (κ2) is 4.88. The average Bonchev–Trinajstić information content (AvgIpc) is 2.94. The standard InChI is InChI=1S/C13H18N2O2S/c16-12-10-7-4-8-11(10)18-15(12)13(17)14-9-5-2-1-3-6-9/h9H,1-8H2,(H,14,17). The number of aromatic nitrogens is 1. The molecule has 18 heavy (non-hydrogen) atoms. The number of amides is 1. The summed E-state index contributed by atoms with van der Waals surface area (Å²) in [4.78, 5) is 25.3. The first-order valence-corrected chi connectivity index (χ1v) is 7.58. The van der Waals surface area contributed by atoms with E-state index in [1.54, 1.807) is 0 Å². The summed E-state index contributed by atoms with van der Waals surface area (Å²) in [7, 11) is 0. The van der Waals surface area contributed by atoms with Crippen LogP contribution in [0.1, 0.15) is 49.0 Å². The fourth-order valence-electron chi connectivity index (χ4n) is 2.93. The Kier molecular flexibility index (Phi) is 3.24. The van der Waals surface area contributed by atoms with Gasteiger partial charge in [0.05, 0.1) is 0 Å². The smallest absolute Gasteiger partial charge is 0.334 e. The van der Waals surface area contributed by atoms with Crippen LogP contribution in [0.2, 0.25) is 0 Å². The summed E-state index contributed by atoms with van der Waals surface area (Å²) >= 11 is 1.34. The van der Waals surface area contributed by atoms with E-state index in [0.29, 0.717) is 0 Å². The molecule has 1 N–H and O–H groups in total. The summed E-state index contributed by atoms with van der Waals surface area (Å²) in [5.74, 6) is 0. The van der Waals surface area contributed by atoms with Crippen molar-refractivity contribution < 1.29 is 4.79 Å². The summed E-state index contributed by atoms with van der Waals surface area (Å²) in [6.45, 7) is 0. The third-order valence-corrected chi connectivity index (χ3v) is 5.11. The van der Waals surface area contributed by atoms with Gasteiger partial charge in [-0.15, -0.1) is 0 Å². The number of fused-ring (bicyclic) bond motifs is 1. The van der Waals surface area contributed by atoms with E-state index >= 15 is 0 Å². The quantitative estimate of drug-likeness (QED) is 0.848. The summed E-state index contributed by atoms with van der Waals surface area (Å²) in [5.41, 5.74) is 0.791. The predicted octanol–water partition coefficient (Wildman–Crippen LogP) is 2.29. The number of hydrogen-bond acceptors (Lipinski definition) is 3. The average molecular weight is 266 g/mol. The maximum absolute atomic E-state index is 12.1. The van der Waals surface area contributed by atoms with Crippen LogP contribution in [0, 0.1) is 0 Å². The normalized spacial score (nSPS) is 19.8. The second-order valence-corrected chi connectivity index (χ2v) is 6.27. The van der Waals surface area contributed by atoms with Gasteiger partial charge in [0.25, 0.3) is 5.56 Å². The summed E-state index contributed by atoms with van der Waals surface area (Å²) in [6.07, 6.45) is 8.58. The van der Waals surface area contributed by atoms with Crippen molar-refractivity contribution in [2.75, 3.05) is 0 Å². The number of carbonyl (C=O) groups excluding carboxylic acids is 1. The highest BCUT2D eigenvalue weighted by Crippen LogP contribution is 2.23. The van der Waals surface area contributed by atoms with Crippen molar-refractivity contribution in [3.05, 3.63) is 20.8 Å². The van der Waals surface area contributed by atoms with Crippen molar-refractivity contribution in [2.24, 2.45) is 0 Å². The molecule has 1 fully saturated rings. The number of aryl methyl sites for hydroxylation is 1. The number of hydrogen-bond donors (Lipinski definition) is 1. The maximum Gasteiger partial charge on any atom is 0.338 e. The fourth-order valence-corrected chi connectivity index (χ4v) is 4.02. The Morgan fingerprint density at radius 3 is 2.67 bits per heavy atom. The molecule has 5 heteroatoms. The van der Waals surface area contributed by atoms with Crippen molar-refractivity contribution in [3.63, 3.8) is 0 Å². The summed E-state index contributed by atoms with van der Waals surface area (Å²) in [5, 5.41) is 3.00. The van der Waals surface area contributed by atoms with Gasteiger partial charge in [-0.05, 0) is 32.1 Å². The molecule has 0 aliphatic heterocycles. The predicted molar refractivity (Wildman–Crippen MR) is 71.4 cm³/mol. The molecule has 2 aliphatic rings. The first kappa shape index (κ1) is 12.0. The molecule has 1 heterocycles. The van der Waals surface area contributed by atoms with E-state index in [1.807, 2.05) is 0 Å². The zero-order valence-electron chi connectivity index (χ0n) is 10.4. The van der Waals surface area contributed by atoms with Gasteiger partial charge in [-0.25, -0.2) is 4.79 Å². The molecule has 0 spiro atoms. The molecule has 0 saturated heterocycles. The zero-order chi connectivity index (χ0) is 12.5. The first-order chi connectivity index (χ1) is 8.75. The van der Waals surface area contributed by atoms with Crippen molar-refractivity contribution in [1.29, 1.82) is 0 Å². The lowest BCUT2D eigenvalue weighted by molar-refractivity contribution is 0.235. The van der Waals surface area contributed by atoms with Gasteiger partial charge in [0.2, 0.25) is 0 Å². The molecule has 4 nitrogen and oxygen atoms in total. The molecule has 1 amide bonds. The van der Waals surface area contributed by atoms with Crippen LogP contribution in [0.15, 0.2) is 4.79 Å². The second-order valence-electron chi connectivity index (χ2n) is 5.23. The Bertz CT molecular complexity index is 512. The van der Waals surface area contributed by atoms with Gasteiger partial charge < -0.3 is 5.32 Å². The van der Waals surface area contributed by atoms with Crippen LogP contribution >= 0.6 is 11.5 Å². The molecule has 2 aliphatic carbocycles. The minimum atomic E-state index is -0.216. The Labute approximate surface area is 110 Å². The van der Waals surface area contributed by atoms with Gasteiger partial charge in [0, 0.05) is 16.5 Å². The summed E-state index contributed by atoms with van der Waals surface area (Å²) in [6, 6.07) is 0.0430. The van der Waals surface area contributed by atoms with E-state index in [0.717, 1.165) is 42.5 Å². The SMILES string of the molecule is O=C(NC1CCCCC1)n1sc2c(c1=O)CCC2. The van der Waals surface area contributed by atoms with E-state index in [2.05, 4.69) is 5.32 Å². The van der Waals surface area contributed by atoms with Crippen LogP contribution in [0.25, 0.3) is 0 Å². The summed E-state index contributed by atoms with van der Waals surface area (Å²) < 4.78 is 1.32. The van der Waals surface area contributed by atoms with E-state index in [9.17, 15) is 9.59 Å². The molecule has 98 valence electrons.